The van der Waals surface area contributed by atoms with Gasteiger partial charge in [0.1, 0.15) is 0 Å². The van der Waals surface area contributed by atoms with E-state index < -0.39 is 23.7 Å². The topological polar surface area (TPSA) is 41.1 Å². The molecule has 1 fully saturated rings. The maximum absolute atomic E-state index is 12.9. The molecule has 0 radical (unpaired) electrons. The van der Waals surface area contributed by atoms with Gasteiger partial charge < -0.3 is 10.6 Å². The third-order valence-electron chi connectivity index (χ3n) is 2.78. The number of carbonyl (C=O) groups excluding carboxylic acids is 1. The molecule has 2 N–H and O–H groups in total. The van der Waals surface area contributed by atoms with E-state index in [1.165, 1.54) is 12.1 Å². The second kappa shape index (κ2) is 6.36. The Labute approximate surface area is 126 Å². The van der Waals surface area contributed by atoms with Gasteiger partial charge in [-0.1, -0.05) is 15.9 Å². The number of rotatable bonds is 2. The summed E-state index contributed by atoms with van der Waals surface area (Å²) in [5, 5.41) is 5.34. The summed E-state index contributed by atoms with van der Waals surface area (Å²) in [6, 6.07) is 3.21. The minimum atomic E-state index is -4.51. The van der Waals surface area contributed by atoms with Crippen LogP contribution in [0.2, 0.25) is 0 Å². The number of thioether (sulfide) groups is 1. The normalized spacial score (nSPS) is 19.7. The average Bonchev–Trinajstić information content (AvgIpc) is 2.40. The predicted molar refractivity (Wildman–Crippen MR) is 76.9 cm³/mol. The quantitative estimate of drug-likeness (QED) is 0.842. The molecule has 20 heavy (non-hydrogen) atoms. The molecule has 1 aliphatic heterocycles. The maximum atomic E-state index is 12.9. The van der Waals surface area contributed by atoms with Crippen LogP contribution in [0.4, 0.5) is 18.9 Å². The van der Waals surface area contributed by atoms with E-state index in [9.17, 15) is 18.0 Å². The number of alkyl halides is 3. The highest BCUT2D eigenvalue weighted by Crippen LogP contribution is 2.36. The molecular formula is C12H12BrF3N2OS. The molecule has 1 heterocycles. The van der Waals surface area contributed by atoms with Crippen LogP contribution in [-0.4, -0.2) is 30.0 Å². The van der Waals surface area contributed by atoms with Crippen LogP contribution in [-0.2, 0) is 11.0 Å². The van der Waals surface area contributed by atoms with E-state index >= 15 is 0 Å². The van der Waals surface area contributed by atoms with Gasteiger partial charge in [-0.2, -0.15) is 24.9 Å². The lowest BCUT2D eigenvalue weighted by molar-refractivity contribution is -0.137. The minimum absolute atomic E-state index is 0.219. The van der Waals surface area contributed by atoms with Crippen LogP contribution in [0.1, 0.15) is 5.56 Å². The van der Waals surface area contributed by atoms with E-state index in [1.807, 2.05) is 0 Å². The zero-order chi connectivity index (χ0) is 14.8. The molecule has 0 aromatic heterocycles. The van der Waals surface area contributed by atoms with Crippen molar-refractivity contribution in [2.75, 3.05) is 23.4 Å². The van der Waals surface area contributed by atoms with Gasteiger partial charge in [0.05, 0.1) is 17.3 Å². The largest absolute Gasteiger partial charge is 0.418 e. The number of amides is 1. The second-order valence-electron chi connectivity index (χ2n) is 4.26. The molecular weight excluding hydrogens is 357 g/mol. The summed E-state index contributed by atoms with van der Waals surface area (Å²) in [6.45, 7) is 0.676. The Kier molecular flexibility index (Phi) is 4.98. The van der Waals surface area contributed by atoms with E-state index in [0.29, 0.717) is 16.8 Å². The van der Waals surface area contributed by atoms with Gasteiger partial charge >= 0.3 is 6.18 Å². The molecule has 1 aliphatic rings. The molecule has 110 valence electrons. The molecule has 3 nitrogen and oxygen atoms in total. The standard InChI is InChI=1S/C12H12BrF3N2OS/c13-7-1-2-9(8(5-7)12(14,15)16)18-11(19)10-6-20-4-3-17-10/h1-2,5,10,17H,3-4,6H2,(H,18,19). The molecule has 1 aromatic rings. The van der Waals surface area contributed by atoms with Crippen LogP contribution in [0.5, 0.6) is 0 Å². The number of benzene rings is 1. The summed E-state index contributed by atoms with van der Waals surface area (Å²) in [7, 11) is 0. The van der Waals surface area contributed by atoms with Gasteiger partial charge in [0.25, 0.3) is 0 Å². The number of hydrogen-bond acceptors (Lipinski definition) is 3. The van der Waals surface area contributed by atoms with E-state index in [1.54, 1.807) is 11.8 Å². The van der Waals surface area contributed by atoms with Crippen molar-refractivity contribution in [3.05, 3.63) is 28.2 Å². The number of hydrogen-bond donors (Lipinski definition) is 2. The monoisotopic (exact) mass is 368 g/mol. The van der Waals surface area contributed by atoms with Crippen LogP contribution < -0.4 is 10.6 Å². The highest BCUT2D eigenvalue weighted by molar-refractivity contribution is 9.10. The third-order valence-corrected chi connectivity index (χ3v) is 4.34. The Morgan fingerprint density at radius 3 is 2.80 bits per heavy atom. The van der Waals surface area contributed by atoms with Crippen molar-refractivity contribution >= 4 is 39.3 Å². The molecule has 1 amide bonds. The fourth-order valence-corrected chi connectivity index (χ4v) is 3.11. The zero-order valence-electron chi connectivity index (χ0n) is 10.3. The molecule has 0 saturated carbocycles. The summed E-state index contributed by atoms with van der Waals surface area (Å²) in [5.41, 5.74) is -1.08. The summed E-state index contributed by atoms with van der Waals surface area (Å²) < 4.78 is 39.1. The predicted octanol–water partition coefficient (Wildman–Crippen LogP) is 3.11. The average molecular weight is 369 g/mol. The van der Waals surface area contributed by atoms with Crippen molar-refractivity contribution in [2.24, 2.45) is 0 Å². The molecule has 1 aromatic carbocycles. The molecule has 1 unspecified atom stereocenters. The van der Waals surface area contributed by atoms with Crippen LogP contribution in [0.15, 0.2) is 22.7 Å². The van der Waals surface area contributed by atoms with Crippen molar-refractivity contribution in [3.63, 3.8) is 0 Å². The van der Waals surface area contributed by atoms with Gasteiger partial charge in [0.2, 0.25) is 5.91 Å². The van der Waals surface area contributed by atoms with Crippen molar-refractivity contribution < 1.29 is 18.0 Å². The van der Waals surface area contributed by atoms with Crippen LogP contribution >= 0.6 is 27.7 Å². The summed E-state index contributed by atoms with van der Waals surface area (Å²) in [6.07, 6.45) is -4.51. The lowest BCUT2D eigenvalue weighted by Gasteiger charge is -2.23. The first-order valence-electron chi connectivity index (χ1n) is 5.86. The molecule has 8 heteroatoms. The van der Waals surface area contributed by atoms with E-state index in [2.05, 4.69) is 26.6 Å². The van der Waals surface area contributed by atoms with Gasteiger partial charge in [-0.15, -0.1) is 0 Å². The van der Waals surface area contributed by atoms with Gasteiger partial charge in [0, 0.05) is 22.5 Å². The maximum Gasteiger partial charge on any atom is 0.418 e. The first-order chi connectivity index (χ1) is 9.38. The fraction of sp³-hybridized carbons (Fsp3) is 0.417. The van der Waals surface area contributed by atoms with Gasteiger partial charge in [-0.05, 0) is 18.2 Å². The van der Waals surface area contributed by atoms with Gasteiger partial charge in [0.15, 0.2) is 0 Å². The van der Waals surface area contributed by atoms with Gasteiger partial charge in [-0.3, -0.25) is 4.79 Å². The summed E-state index contributed by atoms with van der Waals surface area (Å²) in [5.74, 6) is 1.02. The Bertz CT molecular complexity index is 504. The van der Waals surface area contributed by atoms with Crippen molar-refractivity contribution in [1.29, 1.82) is 0 Å². The highest BCUT2D eigenvalue weighted by Gasteiger charge is 2.34. The molecule has 1 saturated heterocycles. The lowest BCUT2D eigenvalue weighted by atomic mass is 10.1. The minimum Gasteiger partial charge on any atom is -0.324 e. The number of anilines is 1. The first-order valence-corrected chi connectivity index (χ1v) is 7.81. The van der Waals surface area contributed by atoms with Crippen LogP contribution in [0, 0.1) is 0 Å². The van der Waals surface area contributed by atoms with E-state index in [-0.39, 0.29) is 5.69 Å². The molecule has 0 bridgehead atoms. The summed E-state index contributed by atoms with van der Waals surface area (Å²) >= 11 is 4.60. The highest BCUT2D eigenvalue weighted by atomic mass is 79.9. The zero-order valence-corrected chi connectivity index (χ0v) is 12.7. The Morgan fingerprint density at radius 1 is 1.45 bits per heavy atom. The Balaban J connectivity index is 2.18. The SMILES string of the molecule is O=C(Nc1ccc(Br)cc1C(F)(F)F)C1CSCCN1. The molecule has 1 atom stereocenters. The molecule has 2 rings (SSSR count). The van der Waals surface area contributed by atoms with Crippen LogP contribution in [0.25, 0.3) is 0 Å². The van der Waals surface area contributed by atoms with E-state index in [4.69, 9.17) is 0 Å². The Morgan fingerprint density at radius 2 is 2.20 bits per heavy atom. The lowest BCUT2D eigenvalue weighted by Crippen LogP contribution is -2.46. The Hall–Kier alpha value is -0.730. The second-order valence-corrected chi connectivity index (χ2v) is 6.32. The van der Waals surface area contributed by atoms with Crippen molar-refractivity contribution in [1.82, 2.24) is 5.32 Å². The van der Waals surface area contributed by atoms with Crippen molar-refractivity contribution in [2.45, 2.75) is 12.2 Å². The third kappa shape index (κ3) is 3.89. The fourth-order valence-electron chi connectivity index (χ4n) is 1.81. The first kappa shape index (κ1) is 15.7. The summed E-state index contributed by atoms with van der Waals surface area (Å²) in [4.78, 5) is 12.0. The molecule has 0 aliphatic carbocycles. The van der Waals surface area contributed by atoms with E-state index in [0.717, 1.165) is 11.8 Å². The number of halogens is 4. The molecule has 0 spiro atoms. The number of nitrogens with one attached hydrogen (secondary N) is 2. The van der Waals surface area contributed by atoms with Crippen molar-refractivity contribution in [3.8, 4) is 0 Å². The smallest absolute Gasteiger partial charge is 0.324 e. The van der Waals surface area contributed by atoms with Crippen LogP contribution in [0.3, 0.4) is 0 Å². The number of carbonyl (C=O) groups is 1. The van der Waals surface area contributed by atoms with Gasteiger partial charge in [-0.25, -0.2) is 0 Å².